The molecule has 0 bridgehead atoms. The van der Waals surface area contributed by atoms with Crippen LogP contribution in [0.15, 0.2) is 53.4 Å². The van der Waals surface area contributed by atoms with Crippen molar-refractivity contribution in [2.24, 2.45) is 0 Å². The second kappa shape index (κ2) is 6.04. The molecule has 0 unspecified atom stereocenters. The van der Waals surface area contributed by atoms with Crippen LogP contribution in [-0.4, -0.2) is 6.29 Å². The highest BCUT2D eigenvalue weighted by atomic mass is 32.2. The second-order valence-electron chi connectivity index (χ2n) is 3.74. The molecule has 2 aromatic carbocycles. The van der Waals surface area contributed by atoms with E-state index in [2.05, 4.69) is 6.07 Å². The van der Waals surface area contributed by atoms with Crippen LogP contribution < -0.4 is 0 Å². The summed E-state index contributed by atoms with van der Waals surface area (Å²) >= 11 is 1.66. The molecule has 0 saturated heterocycles. The number of carbonyl (C=O) groups is 1. The highest BCUT2D eigenvalue weighted by Gasteiger charge is 2.01. The molecule has 0 radical (unpaired) electrons. The van der Waals surface area contributed by atoms with Crippen molar-refractivity contribution in [2.75, 3.05) is 0 Å². The topological polar surface area (TPSA) is 40.9 Å². The normalized spacial score (nSPS) is 9.72. The lowest BCUT2D eigenvalue weighted by Gasteiger charge is -2.04. The molecule has 0 atom stereocenters. The van der Waals surface area contributed by atoms with E-state index in [9.17, 15) is 4.79 Å². The molecule has 0 N–H and O–H groups in total. The minimum Gasteiger partial charge on any atom is -0.298 e. The van der Waals surface area contributed by atoms with Gasteiger partial charge in [-0.25, -0.2) is 0 Å². The van der Waals surface area contributed by atoms with Gasteiger partial charge in [0, 0.05) is 16.2 Å². The zero-order valence-electron chi connectivity index (χ0n) is 9.67. The molecule has 0 aliphatic heterocycles. The van der Waals surface area contributed by atoms with Gasteiger partial charge in [-0.1, -0.05) is 30.3 Å². The van der Waals surface area contributed by atoms with Crippen molar-refractivity contribution in [3.8, 4) is 6.07 Å². The zero-order valence-corrected chi connectivity index (χ0v) is 10.5. The third-order valence-electron chi connectivity index (χ3n) is 2.55. The maximum absolute atomic E-state index is 10.5. The molecule has 0 amide bonds. The Labute approximate surface area is 110 Å². The lowest BCUT2D eigenvalue weighted by Crippen LogP contribution is -1.86. The molecular weight excluding hydrogens is 242 g/mol. The molecule has 88 valence electrons. The van der Waals surface area contributed by atoms with Gasteiger partial charge in [-0.3, -0.25) is 4.79 Å². The van der Waals surface area contributed by atoms with Crippen LogP contribution in [0, 0.1) is 11.3 Å². The molecule has 0 aromatic heterocycles. The third-order valence-corrected chi connectivity index (χ3v) is 3.61. The standard InChI is InChI=1S/C15H11NOS/c16-9-13-3-1-2-4-14(13)11-18-15-7-5-12(10-17)6-8-15/h1-8,10H,11H2. The Morgan fingerprint density at radius 1 is 1.11 bits per heavy atom. The molecule has 0 aliphatic carbocycles. The van der Waals surface area contributed by atoms with E-state index in [-0.39, 0.29) is 0 Å². The number of rotatable bonds is 4. The number of hydrogen-bond acceptors (Lipinski definition) is 3. The number of nitriles is 1. The van der Waals surface area contributed by atoms with Crippen LogP contribution in [0.3, 0.4) is 0 Å². The minimum atomic E-state index is 0.678. The SMILES string of the molecule is N#Cc1ccccc1CSc1ccc(C=O)cc1. The van der Waals surface area contributed by atoms with Gasteiger partial charge in [-0.05, 0) is 23.8 Å². The van der Waals surface area contributed by atoms with Crippen molar-refractivity contribution < 1.29 is 4.79 Å². The van der Waals surface area contributed by atoms with Crippen LogP contribution in [0.2, 0.25) is 0 Å². The van der Waals surface area contributed by atoms with Gasteiger partial charge in [0.1, 0.15) is 6.29 Å². The maximum atomic E-state index is 10.5. The van der Waals surface area contributed by atoms with Gasteiger partial charge in [-0.15, -0.1) is 11.8 Å². The molecular formula is C15H11NOS. The first-order valence-electron chi connectivity index (χ1n) is 5.49. The molecule has 0 fully saturated rings. The van der Waals surface area contributed by atoms with E-state index in [4.69, 9.17) is 5.26 Å². The molecule has 2 aromatic rings. The Hall–Kier alpha value is -2.05. The van der Waals surface area contributed by atoms with Crippen molar-refractivity contribution >= 4 is 18.0 Å². The molecule has 0 spiro atoms. The van der Waals surface area contributed by atoms with E-state index in [1.54, 1.807) is 23.9 Å². The smallest absolute Gasteiger partial charge is 0.150 e. The second-order valence-corrected chi connectivity index (χ2v) is 4.79. The van der Waals surface area contributed by atoms with Gasteiger partial charge in [-0.2, -0.15) is 5.26 Å². The largest absolute Gasteiger partial charge is 0.298 e. The molecule has 0 aliphatic rings. The summed E-state index contributed by atoms with van der Waals surface area (Å²) in [4.78, 5) is 11.6. The average molecular weight is 253 g/mol. The van der Waals surface area contributed by atoms with Crippen molar-refractivity contribution in [1.82, 2.24) is 0 Å². The van der Waals surface area contributed by atoms with Gasteiger partial charge >= 0.3 is 0 Å². The predicted molar refractivity (Wildman–Crippen MR) is 72.5 cm³/mol. The molecule has 2 nitrogen and oxygen atoms in total. The Bertz CT molecular complexity index is 584. The molecule has 0 heterocycles. The Kier molecular flexibility index (Phi) is 4.16. The van der Waals surface area contributed by atoms with Crippen molar-refractivity contribution in [3.05, 3.63) is 65.2 Å². The van der Waals surface area contributed by atoms with Gasteiger partial charge in [0.15, 0.2) is 0 Å². The first-order valence-corrected chi connectivity index (χ1v) is 6.48. The number of thioether (sulfide) groups is 1. The summed E-state index contributed by atoms with van der Waals surface area (Å²) in [6, 6.07) is 17.2. The summed E-state index contributed by atoms with van der Waals surface area (Å²) in [6.07, 6.45) is 0.833. The van der Waals surface area contributed by atoms with Crippen LogP contribution in [0.5, 0.6) is 0 Å². The first kappa shape index (κ1) is 12.4. The van der Waals surface area contributed by atoms with Crippen LogP contribution in [-0.2, 0) is 5.75 Å². The molecule has 0 saturated carbocycles. The predicted octanol–water partition coefficient (Wildman–Crippen LogP) is 3.66. The quantitative estimate of drug-likeness (QED) is 0.616. The van der Waals surface area contributed by atoms with Crippen molar-refractivity contribution in [3.63, 3.8) is 0 Å². The highest BCUT2D eigenvalue weighted by molar-refractivity contribution is 7.98. The van der Waals surface area contributed by atoms with Gasteiger partial charge in [0.05, 0.1) is 11.6 Å². The van der Waals surface area contributed by atoms with E-state index in [1.165, 1.54) is 0 Å². The number of benzene rings is 2. The molecule has 18 heavy (non-hydrogen) atoms. The number of aldehydes is 1. The molecule has 3 heteroatoms. The van der Waals surface area contributed by atoms with E-state index in [0.717, 1.165) is 28.1 Å². The zero-order chi connectivity index (χ0) is 12.8. The minimum absolute atomic E-state index is 0.678. The fourth-order valence-corrected chi connectivity index (χ4v) is 2.46. The Morgan fingerprint density at radius 2 is 1.83 bits per heavy atom. The summed E-state index contributed by atoms with van der Waals surface area (Å²) in [5.74, 6) is 0.754. The maximum Gasteiger partial charge on any atom is 0.150 e. The van der Waals surface area contributed by atoms with Crippen LogP contribution in [0.1, 0.15) is 21.5 Å². The van der Waals surface area contributed by atoms with Crippen molar-refractivity contribution in [2.45, 2.75) is 10.6 Å². The van der Waals surface area contributed by atoms with E-state index in [0.29, 0.717) is 5.56 Å². The summed E-state index contributed by atoms with van der Waals surface area (Å²) in [5.41, 5.74) is 2.43. The average Bonchev–Trinajstić information content (AvgIpc) is 2.46. The van der Waals surface area contributed by atoms with Crippen LogP contribution >= 0.6 is 11.8 Å². The fraction of sp³-hybridized carbons (Fsp3) is 0.0667. The lowest BCUT2D eigenvalue weighted by molar-refractivity contribution is 0.112. The Morgan fingerprint density at radius 3 is 2.50 bits per heavy atom. The molecule has 2 rings (SSSR count). The van der Waals surface area contributed by atoms with Gasteiger partial charge in [0.25, 0.3) is 0 Å². The summed E-state index contributed by atoms with van der Waals surface area (Å²) in [6.45, 7) is 0. The van der Waals surface area contributed by atoms with E-state index in [1.807, 2.05) is 36.4 Å². The van der Waals surface area contributed by atoms with Crippen LogP contribution in [0.25, 0.3) is 0 Å². The van der Waals surface area contributed by atoms with Gasteiger partial charge in [0.2, 0.25) is 0 Å². The number of carbonyl (C=O) groups excluding carboxylic acids is 1. The lowest BCUT2D eigenvalue weighted by atomic mass is 10.1. The third kappa shape index (κ3) is 2.99. The van der Waals surface area contributed by atoms with E-state index < -0.39 is 0 Å². The number of hydrogen-bond donors (Lipinski definition) is 0. The first-order chi connectivity index (χ1) is 8.83. The van der Waals surface area contributed by atoms with Gasteiger partial charge < -0.3 is 0 Å². The fourth-order valence-electron chi connectivity index (χ4n) is 1.56. The summed E-state index contributed by atoms with van der Waals surface area (Å²) in [5, 5.41) is 8.99. The van der Waals surface area contributed by atoms with E-state index >= 15 is 0 Å². The van der Waals surface area contributed by atoms with Crippen LogP contribution in [0.4, 0.5) is 0 Å². The highest BCUT2D eigenvalue weighted by Crippen LogP contribution is 2.24. The van der Waals surface area contributed by atoms with Crippen molar-refractivity contribution in [1.29, 1.82) is 5.26 Å². The monoisotopic (exact) mass is 253 g/mol. The summed E-state index contributed by atoms with van der Waals surface area (Å²) in [7, 11) is 0. The summed E-state index contributed by atoms with van der Waals surface area (Å²) < 4.78 is 0. The number of nitrogens with zero attached hydrogens (tertiary/aromatic N) is 1. The Balaban J connectivity index is 2.07.